The Morgan fingerprint density at radius 3 is 1.71 bits per heavy atom. The van der Waals surface area contributed by atoms with Crippen LogP contribution >= 0.6 is 19.9 Å². The van der Waals surface area contributed by atoms with E-state index in [2.05, 4.69) is 106 Å². The van der Waals surface area contributed by atoms with Gasteiger partial charge in [0.1, 0.15) is 6.54 Å². The van der Waals surface area contributed by atoms with E-state index in [1.165, 1.54) is 23.0 Å². The van der Waals surface area contributed by atoms with Crippen LogP contribution in [-0.4, -0.2) is 73.9 Å². The molecule has 0 bridgehead atoms. The number of ether oxygens (including phenoxy) is 2. The molecule has 0 fully saturated rings. The summed E-state index contributed by atoms with van der Waals surface area (Å²) in [5, 5.41) is 11.6. The Kier molecular flexibility index (Phi) is 16.1. The molecule has 0 saturated heterocycles. The van der Waals surface area contributed by atoms with Crippen molar-refractivity contribution < 1.29 is 33.4 Å². The van der Waals surface area contributed by atoms with Gasteiger partial charge in [0, 0.05) is 5.75 Å². The van der Waals surface area contributed by atoms with Crippen LogP contribution in [-0.2, 0) is 33.4 Å². The second-order valence-corrected chi connectivity index (χ2v) is 15.6. The van der Waals surface area contributed by atoms with E-state index in [4.69, 9.17) is 4.74 Å². The molecule has 48 heavy (non-hydrogen) atoms. The Morgan fingerprint density at radius 2 is 1.23 bits per heavy atom. The minimum atomic E-state index is -2.43. The average molecular weight is 696 g/mol. The Morgan fingerprint density at radius 1 is 0.729 bits per heavy atom. The molecular formula is C36H46N3O7PS. The van der Waals surface area contributed by atoms with Crippen molar-refractivity contribution in [2.24, 2.45) is 0 Å². The first-order valence-corrected chi connectivity index (χ1v) is 19.0. The standard InChI is InChI=1S/C36H46N3O7PS/c1-3-46-36(44)30(22-23-33(41)39-31(26-48)35(43)37-25-34(42)45-2)38-32(40)21-13-14-24-47(27-15-7-4-8-16-27,28-17-9-5-10-18-28)29-19-11-6-12-20-29/h4-12,15-20,30-31,47-48H,3,13-14,21-26H2,1-2H3,(H,37,43)(H,38,40)(H,39,41)/t30-,31-/m0/s1. The topological polar surface area (TPSA) is 140 Å². The number of unbranched alkanes of at least 4 members (excludes halogenated alkanes) is 1. The number of benzene rings is 3. The van der Waals surface area contributed by atoms with E-state index >= 15 is 0 Å². The van der Waals surface area contributed by atoms with Gasteiger partial charge in [-0.05, 0) is 0 Å². The van der Waals surface area contributed by atoms with Crippen LogP contribution in [0.25, 0.3) is 0 Å². The van der Waals surface area contributed by atoms with Crippen LogP contribution in [0.2, 0.25) is 0 Å². The van der Waals surface area contributed by atoms with Crippen LogP contribution in [0.4, 0.5) is 0 Å². The van der Waals surface area contributed by atoms with E-state index in [9.17, 15) is 24.0 Å². The SMILES string of the molecule is CCOC(=O)[C@H](CCC(=O)N[C@@H](CS)C(=O)NCC(=O)OC)NC(=O)CCCC[PH](c1ccccc1)(c1ccccc1)c1ccccc1. The number of nitrogens with one attached hydrogen (secondary N) is 3. The van der Waals surface area contributed by atoms with Crippen molar-refractivity contribution in [2.75, 3.05) is 32.2 Å². The molecule has 0 aliphatic heterocycles. The van der Waals surface area contributed by atoms with Gasteiger partial charge in [-0.3, -0.25) is 9.59 Å². The predicted octanol–water partition coefficient (Wildman–Crippen LogP) is 2.42. The van der Waals surface area contributed by atoms with Gasteiger partial charge >= 0.3 is 232 Å². The first kappa shape index (κ1) is 38.2. The van der Waals surface area contributed by atoms with Gasteiger partial charge in [-0.1, -0.05) is 0 Å². The summed E-state index contributed by atoms with van der Waals surface area (Å²) < 4.78 is 9.66. The Hall–Kier alpha value is -4.21. The molecule has 0 aromatic heterocycles. The van der Waals surface area contributed by atoms with Crippen LogP contribution in [0, 0.1) is 0 Å². The van der Waals surface area contributed by atoms with Gasteiger partial charge in [0.25, 0.3) is 0 Å². The van der Waals surface area contributed by atoms with Gasteiger partial charge in [-0.15, -0.1) is 0 Å². The van der Waals surface area contributed by atoms with E-state index < -0.39 is 43.1 Å². The van der Waals surface area contributed by atoms with Crippen LogP contribution in [0.3, 0.4) is 0 Å². The van der Waals surface area contributed by atoms with E-state index in [0.29, 0.717) is 6.42 Å². The molecule has 2 atom stereocenters. The van der Waals surface area contributed by atoms with Crippen molar-refractivity contribution in [1.82, 2.24) is 16.0 Å². The normalized spacial score (nSPS) is 12.6. The van der Waals surface area contributed by atoms with Gasteiger partial charge in [0.15, 0.2) is 0 Å². The van der Waals surface area contributed by atoms with Crippen LogP contribution in [0.5, 0.6) is 0 Å². The molecule has 0 saturated carbocycles. The first-order valence-electron chi connectivity index (χ1n) is 16.1. The monoisotopic (exact) mass is 695 g/mol. The second-order valence-electron chi connectivity index (χ2n) is 11.2. The number of methoxy groups -OCH3 is 1. The molecule has 0 aliphatic rings. The molecule has 3 rings (SSSR count). The molecule has 0 heterocycles. The molecule has 12 heteroatoms. The fraction of sp³-hybridized carbons (Fsp3) is 0.361. The number of carbonyl (C=O) groups is 5. The van der Waals surface area contributed by atoms with E-state index in [-0.39, 0.29) is 44.1 Å². The van der Waals surface area contributed by atoms with Gasteiger partial charge in [0.05, 0.1) is 7.11 Å². The van der Waals surface area contributed by atoms with Crippen molar-refractivity contribution in [3.63, 3.8) is 0 Å². The van der Waals surface area contributed by atoms with Gasteiger partial charge in [0.2, 0.25) is 5.91 Å². The molecular weight excluding hydrogens is 649 g/mol. The van der Waals surface area contributed by atoms with Crippen molar-refractivity contribution in [3.8, 4) is 0 Å². The molecule has 3 amide bonds. The molecule has 0 aliphatic carbocycles. The third-order valence-electron chi connectivity index (χ3n) is 8.04. The molecule has 258 valence electrons. The van der Waals surface area contributed by atoms with Crippen LogP contribution < -0.4 is 31.9 Å². The van der Waals surface area contributed by atoms with E-state index in [0.717, 1.165) is 12.6 Å². The van der Waals surface area contributed by atoms with Crippen molar-refractivity contribution in [3.05, 3.63) is 91.0 Å². The zero-order valence-electron chi connectivity index (χ0n) is 27.5. The summed E-state index contributed by atoms with van der Waals surface area (Å²) in [5.41, 5.74) is 0. The number of amides is 3. The molecule has 3 aromatic carbocycles. The predicted molar refractivity (Wildman–Crippen MR) is 194 cm³/mol. The van der Waals surface area contributed by atoms with Crippen LogP contribution in [0.15, 0.2) is 91.0 Å². The van der Waals surface area contributed by atoms with Gasteiger partial charge in [-0.2, -0.15) is 12.6 Å². The van der Waals surface area contributed by atoms with E-state index in [1.807, 2.05) is 18.2 Å². The molecule has 3 N–H and O–H groups in total. The minimum absolute atomic E-state index is 0.0141. The Bertz CT molecular complexity index is 1380. The van der Waals surface area contributed by atoms with Gasteiger partial charge in [-0.25, -0.2) is 0 Å². The quantitative estimate of drug-likeness (QED) is 0.0654. The summed E-state index contributed by atoms with van der Waals surface area (Å²) >= 11 is 4.11. The summed E-state index contributed by atoms with van der Waals surface area (Å²) in [6, 6.07) is 29.7. The molecule has 10 nitrogen and oxygen atoms in total. The summed E-state index contributed by atoms with van der Waals surface area (Å²) in [4.78, 5) is 62.1. The fourth-order valence-electron chi connectivity index (χ4n) is 5.63. The summed E-state index contributed by atoms with van der Waals surface area (Å²) in [6.07, 6.45) is 2.30. The number of hydrogen-bond donors (Lipinski definition) is 4. The molecule has 3 aromatic rings. The van der Waals surface area contributed by atoms with Crippen molar-refractivity contribution >= 4 is 65.5 Å². The Balaban J connectivity index is 1.63. The maximum atomic E-state index is 13.1. The molecule has 0 radical (unpaired) electrons. The second kappa shape index (κ2) is 20.2. The maximum absolute atomic E-state index is 13.1. The number of hydrogen-bond acceptors (Lipinski definition) is 8. The first-order chi connectivity index (χ1) is 23.2. The number of thiol groups is 1. The fourth-order valence-corrected chi connectivity index (χ4v) is 10.8. The summed E-state index contributed by atoms with van der Waals surface area (Å²) in [5.74, 6) is -2.71. The molecule has 0 unspecified atom stereocenters. The average Bonchev–Trinajstić information content (AvgIpc) is 3.12. The summed E-state index contributed by atoms with van der Waals surface area (Å²) in [7, 11) is -1.23. The number of esters is 2. The number of carbonyl (C=O) groups excluding carboxylic acids is 5. The van der Waals surface area contributed by atoms with Crippen molar-refractivity contribution in [1.29, 1.82) is 0 Å². The van der Waals surface area contributed by atoms with Crippen LogP contribution in [0.1, 0.15) is 39.0 Å². The van der Waals surface area contributed by atoms with Gasteiger partial charge < -0.3 is 10.1 Å². The summed E-state index contributed by atoms with van der Waals surface area (Å²) in [6.45, 7) is 1.43. The third-order valence-corrected chi connectivity index (χ3v) is 13.5. The zero-order chi connectivity index (χ0) is 34.8. The van der Waals surface area contributed by atoms with Crippen molar-refractivity contribution in [2.45, 2.75) is 51.1 Å². The third kappa shape index (κ3) is 11.2. The molecule has 0 spiro atoms. The zero-order valence-corrected chi connectivity index (χ0v) is 29.4. The Labute approximate surface area is 288 Å². The van der Waals surface area contributed by atoms with E-state index in [1.54, 1.807) is 6.92 Å². The number of rotatable bonds is 19.